The number of hydrogen-bond acceptors (Lipinski definition) is 4. The van der Waals surface area contributed by atoms with Crippen molar-refractivity contribution in [3.05, 3.63) is 89.5 Å². The Labute approximate surface area is 227 Å². The summed E-state index contributed by atoms with van der Waals surface area (Å²) in [6, 6.07) is 25.4. The number of nitrogens with zero attached hydrogens (tertiary/aromatic N) is 1. The number of fused-ring (bicyclic) bond motifs is 1. The van der Waals surface area contributed by atoms with E-state index in [1.165, 1.54) is 92.8 Å². The van der Waals surface area contributed by atoms with Crippen molar-refractivity contribution in [2.24, 2.45) is 0 Å². The number of unbranched alkanes of at least 4 members (excludes halogenated alkanes) is 5. The minimum atomic E-state index is 0.205. The van der Waals surface area contributed by atoms with Gasteiger partial charge >= 0.3 is 0 Å². The maximum Gasteiger partial charge on any atom is 0.126 e. The fourth-order valence-electron chi connectivity index (χ4n) is 5.91. The first-order valence-electron chi connectivity index (χ1n) is 14.2. The Morgan fingerprint density at radius 3 is 2.30 bits per heavy atom. The summed E-state index contributed by atoms with van der Waals surface area (Å²) >= 11 is 1.98. The second kappa shape index (κ2) is 13.4. The molecule has 196 valence electrons. The van der Waals surface area contributed by atoms with Gasteiger partial charge in [-0.3, -0.25) is 0 Å². The standard InChI is InChI=1S/C33H41NO2S/c35-28-16-19-30-32(24-28)36-25-31(26-12-6-5-7-13-26)33(30)27-14-17-29(18-15-27)37-23-11-4-2-1-3-8-20-34-21-9-10-22-34/h5-7,12-19,24,31,33,35H,1-4,8-11,20-23,25H2/t31-,33-/m1/s1. The van der Waals surface area contributed by atoms with Gasteiger partial charge in [-0.25, -0.2) is 0 Å². The van der Waals surface area contributed by atoms with Gasteiger partial charge in [0.25, 0.3) is 0 Å². The van der Waals surface area contributed by atoms with Crippen LogP contribution in [0, 0.1) is 0 Å². The van der Waals surface area contributed by atoms with Crippen molar-refractivity contribution in [3.8, 4) is 11.5 Å². The molecule has 2 aliphatic heterocycles. The predicted molar refractivity (Wildman–Crippen MR) is 155 cm³/mol. The molecule has 4 heteroatoms. The molecule has 2 aliphatic rings. The van der Waals surface area contributed by atoms with Crippen LogP contribution in [0.3, 0.4) is 0 Å². The number of ether oxygens (including phenoxy) is 1. The third-order valence-corrected chi connectivity index (χ3v) is 9.05. The van der Waals surface area contributed by atoms with Gasteiger partial charge in [0.1, 0.15) is 11.5 Å². The lowest BCUT2D eigenvalue weighted by Crippen LogP contribution is -2.25. The SMILES string of the molecule is Oc1ccc2c(c1)OC[C@H](c1ccccc1)[C@@H]2c1ccc(SCCCCCCCCN2CCCC2)cc1. The highest BCUT2D eigenvalue weighted by Gasteiger charge is 2.33. The highest BCUT2D eigenvalue weighted by atomic mass is 32.2. The van der Waals surface area contributed by atoms with Crippen molar-refractivity contribution in [2.75, 3.05) is 32.0 Å². The molecule has 3 nitrogen and oxygen atoms in total. The second-order valence-electron chi connectivity index (χ2n) is 10.6. The van der Waals surface area contributed by atoms with Crippen molar-refractivity contribution in [2.45, 2.75) is 68.1 Å². The van der Waals surface area contributed by atoms with Crippen LogP contribution in [0.15, 0.2) is 77.7 Å². The molecular weight excluding hydrogens is 474 g/mol. The second-order valence-corrected chi connectivity index (χ2v) is 11.8. The van der Waals surface area contributed by atoms with E-state index in [0.717, 1.165) is 11.3 Å². The van der Waals surface area contributed by atoms with E-state index in [4.69, 9.17) is 4.74 Å². The number of hydrogen-bond donors (Lipinski definition) is 1. The van der Waals surface area contributed by atoms with Gasteiger partial charge in [-0.15, -0.1) is 11.8 Å². The molecule has 0 bridgehead atoms. The Morgan fingerprint density at radius 2 is 1.51 bits per heavy atom. The Morgan fingerprint density at radius 1 is 0.784 bits per heavy atom. The number of phenolic OH excluding ortho intramolecular Hbond substituents is 1. The van der Waals surface area contributed by atoms with Gasteiger partial charge < -0.3 is 14.7 Å². The molecule has 0 spiro atoms. The maximum absolute atomic E-state index is 10.00. The molecule has 0 aromatic heterocycles. The molecule has 1 N–H and O–H groups in total. The van der Waals surface area contributed by atoms with Crippen LogP contribution in [-0.2, 0) is 0 Å². The van der Waals surface area contributed by atoms with Crippen molar-refractivity contribution < 1.29 is 9.84 Å². The number of aromatic hydroxyl groups is 1. The topological polar surface area (TPSA) is 32.7 Å². The highest BCUT2D eigenvalue weighted by Crippen LogP contribution is 2.47. The van der Waals surface area contributed by atoms with Gasteiger partial charge in [-0.05, 0) is 80.4 Å². The summed E-state index contributed by atoms with van der Waals surface area (Å²) in [6.45, 7) is 4.59. The summed E-state index contributed by atoms with van der Waals surface area (Å²) in [4.78, 5) is 3.98. The van der Waals surface area contributed by atoms with Gasteiger partial charge in [-0.2, -0.15) is 0 Å². The summed E-state index contributed by atoms with van der Waals surface area (Å²) in [6.07, 6.45) is 11.0. The fraction of sp³-hybridized carbons (Fsp3) is 0.455. The van der Waals surface area contributed by atoms with E-state index in [-0.39, 0.29) is 17.6 Å². The number of thioether (sulfide) groups is 1. The van der Waals surface area contributed by atoms with E-state index in [1.54, 1.807) is 12.1 Å². The van der Waals surface area contributed by atoms with Crippen LogP contribution in [0.2, 0.25) is 0 Å². The summed E-state index contributed by atoms with van der Waals surface area (Å²) in [7, 11) is 0. The van der Waals surface area contributed by atoms with Crippen molar-refractivity contribution in [1.29, 1.82) is 0 Å². The van der Waals surface area contributed by atoms with Gasteiger partial charge in [0.2, 0.25) is 0 Å². The molecule has 3 aromatic rings. The molecular formula is C33H41NO2S. The molecule has 0 aliphatic carbocycles. The Balaban J connectivity index is 1.12. The van der Waals surface area contributed by atoms with Gasteiger partial charge in [0, 0.05) is 28.4 Å². The predicted octanol–water partition coefficient (Wildman–Crippen LogP) is 8.23. The van der Waals surface area contributed by atoms with Crippen LogP contribution in [-0.4, -0.2) is 42.0 Å². The molecule has 2 heterocycles. The minimum absolute atomic E-state index is 0.205. The molecule has 3 aromatic carbocycles. The Hall–Kier alpha value is -2.43. The molecule has 1 saturated heterocycles. The lowest BCUT2D eigenvalue weighted by atomic mass is 9.76. The fourth-order valence-corrected chi connectivity index (χ4v) is 6.82. The normalized spacial score (nSPS) is 19.5. The summed E-state index contributed by atoms with van der Waals surface area (Å²) in [5.74, 6) is 2.69. The van der Waals surface area contributed by atoms with Crippen LogP contribution in [0.1, 0.15) is 79.9 Å². The lowest BCUT2D eigenvalue weighted by molar-refractivity contribution is 0.248. The molecule has 0 radical (unpaired) electrons. The molecule has 2 atom stereocenters. The van der Waals surface area contributed by atoms with Crippen molar-refractivity contribution >= 4 is 11.8 Å². The van der Waals surface area contributed by atoms with Crippen LogP contribution in [0.25, 0.3) is 0 Å². The first-order valence-corrected chi connectivity index (χ1v) is 15.2. The Bertz CT molecular complexity index is 1100. The largest absolute Gasteiger partial charge is 0.508 e. The molecule has 5 rings (SSSR count). The van der Waals surface area contributed by atoms with E-state index in [0.29, 0.717) is 6.61 Å². The van der Waals surface area contributed by atoms with Gasteiger partial charge in [0.05, 0.1) is 6.61 Å². The maximum atomic E-state index is 10.00. The van der Waals surface area contributed by atoms with Crippen LogP contribution in [0.4, 0.5) is 0 Å². The number of rotatable bonds is 12. The quantitative estimate of drug-likeness (QED) is 0.194. The number of benzene rings is 3. The zero-order valence-corrected chi connectivity index (χ0v) is 22.8. The molecule has 1 fully saturated rings. The first-order chi connectivity index (χ1) is 18.3. The summed E-state index contributed by atoms with van der Waals surface area (Å²) in [5, 5.41) is 10.00. The van der Waals surface area contributed by atoms with E-state index < -0.39 is 0 Å². The minimum Gasteiger partial charge on any atom is -0.508 e. The third-order valence-electron chi connectivity index (χ3n) is 7.96. The lowest BCUT2D eigenvalue weighted by Gasteiger charge is -2.34. The average molecular weight is 516 g/mol. The van der Waals surface area contributed by atoms with E-state index in [2.05, 4.69) is 59.5 Å². The van der Waals surface area contributed by atoms with Crippen molar-refractivity contribution in [3.63, 3.8) is 0 Å². The summed E-state index contributed by atoms with van der Waals surface area (Å²) < 4.78 is 6.11. The monoisotopic (exact) mass is 515 g/mol. The Kier molecular flexibility index (Phi) is 9.48. The molecule has 0 amide bonds. The van der Waals surface area contributed by atoms with E-state index >= 15 is 0 Å². The summed E-state index contributed by atoms with van der Waals surface area (Å²) in [5.41, 5.74) is 3.75. The van der Waals surface area contributed by atoms with Gasteiger partial charge in [-0.1, -0.05) is 74.2 Å². The van der Waals surface area contributed by atoms with Gasteiger partial charge in [0.15, 0.2) is 0 Å². The van der Waals surface area contributed by atoms with E-state index in [9.17, 15) is 5.11 Å². The molecule has 37 heavy (non-hydrogen) atoms. The van der Waals surface area contributed by atoms with Crippen LogP contribution < -0.4 is 4.74 Å². The zero-order chi connectivity index (χ0) is 25.3. The first kappa shape index (κ1) is 26.2. The van der Waals surface area contributed by atoms with E-state index in [1.807, 2.05) is 17.8 Å². The third kappa shape index (κ3) is 7.12. The van der Waals surface area contributed by atoms with Crippen LogP contribution in [0.5, 0.6) is 11.5 Å². The number of likely N-dealkylation sites (tertiary alicyclic amines) is 1. The molecule has 0 unspecified atom stereocenters. The zero-order valence-electron chi connectivity index (χ0n) is 22.0. The van der Waals surface area contributed by atoms with Crippen molar-refractivity contribution in [1.82, 2.24) is 4.90 Å². The molecule has 0 saturated carbocycles. The van der Waals surface area contributed by atoms with Crippen LogP contribution >= 0.6 is 11.8 Å². The smallest absolute Gasteiger partial charge is 0.126 e. The highest BCUT2D eigenvalue weighted by molar-refractivity contribution is 7.99. The number of phenols is 1. The average Bonchev–Trinajstić information content (AvgIpc) is 3.46.